The highest BCUT2D eigenvalue weighted by atomic mass is 32.1. The Balaban J connectivity index is 2.44. The van der Waals surface area contributed by atoms with Crippen molar-refractivity contribution in [3.8, 4) is 10.6 Å². The van der Waals surface area contributed by atoms with E-state index >= 15 is 0 Å². The lowest BCUT2D eigenvalue weighted by Crippen LogP contribution is -1.86. The molecular formula is C10H7F2NS2. The predicted molar refractivity (Wildman–Crippen MR) is 60.2 cm³/mol. The molecule has 5 heteroatoms. The Kier molecular flexibility index (Phi) is 3.02. The second kappa shape index (κ2) is 4.28. The van der Waals surface area contributed by atoms with E-state index < -0.39 is 11.6 Å². The summed E-state index contributed by atoms with van der Waals surface area (Å²) >= 11 is 5.39. The van der Waals surface area contributed by atoms with Crippen LogP contribution in [0.4, 0.5) is 8.78 Å². The monoisotopic (exact) mass is 243 g/mol. The minimum absolute atomic E-state index is 0.328. The number of rotatable bonds is 2. The molecule has 78 valence electrons. The minimum atomic E-state index is -0.588. The predicted octanol–water partition coefficient (Wildman–Crippen LogP) is 3.52. The normalized spacial score (nSPS) is 10.6. The van der Waals surface area contributed by atoms with Crippen LogP contribution in [0.15, 0.2) is 23.6 Å². The summed E-state index contributed by atoms with van der Waals surface area (Å²) in [6.07, 6.45) is 0. The van der Waals surface area contributed by atoms with Gasteiger partial charge in [0.05, 0.1) is 5.69 Å². The maximum absolute atomic E-state index is 13.4. The van der Waals surface area contributed by atoms with Gasteiger partial charge in [0.1, 0.15) is 16.6 Å². The highest BCUT2D eigenvalue weighted by Gasteiger charge is 2.09. The fourth-order valence-corrected chi connectivity index (χ4v) is 2.30. The third-order valence-corrected chi connectivity index (χ3v) is 3.12. The SMILES string of the molecule is Fc1ccc(-c2nc(CS)cs2)c(F)c1. The van der Waals surface area contributed by atoms with Crippen LogP contribution in [-0.4, -0.2) is 4.98 Å². The number of hydrogen-bond acceptors (Lipinski definition) is 3. The van der Waals surface area contributed by atoms with Gasteiger partial charge in [-0.3, -0.25) is 0 Å². The maximum atomic E-state index is 13.4. The molecule has 0 aliphatic heterocycles. The van der Waals surface area contributed by atoms with Gasteiger partial charge in [0.25, 0.3) is 0 Å². The first-order chi connectivity index (χ1) is 7.20. The summed E-state index contributed by atoms with van der Waals surface area (Å²) in [5.74, 6) is -0.656. The quantitative estimate of drug-likeness (QED) is 0.796. The molecule has 15 heavy (non-hydrogen) atoms. The molecule has 0 saturated heterocycles. The van der Waals surface area contributed by atoms with Crippen LogP contribution < -0.4 is 0 Å². The summed E-state index contributed by atoms with van der Waals surface area (Å²) in [5, 5.41) is 2.36. The average molecular weight is 243 g/mol. The molecule has 0 N–H and O–H groups in total. The van der Waals surface area contributed by atoms with E-state index in [1.54, 1.807) is 0 Å². The molecule has 1 nitrogen and oxygen atoms in total. The molecule has 0 bridgehead atoms. The lowest BCUT2D eigenvalue weighted by atomic mass is 10.2. The highest BCUT2D eigenvalue weighted by molar-refractivity contribution is 7.79. The van der Waals surface area contributed by atoms with Gasteiger partial charge in [-0.15, -0.1) is 11.3 Å². The standard InChI is InChI=1S/C10H7F2NS2/c11-6-1-2-8(9(12)3-6)10-13-7(4-14)5-15-10/h1-3,5,14H,4H2. The van der Waals surface area contributed by atoms with Crippen molar-refractivity contribution in [3.05, 3.63) is 40.9 Å². The van der Waals surface area contributed by atoms with E-state index in [0.29, 0.717) is 16.3 Å². The van der Waals surface area contributed by atoms with Gasteiger partial charge in [0, 0.05) is 22.8 Å². The Morgan fingerprint density at radius 2 is 2.13 bits per heavy atom. The summed E-state index contributed by atoms with van der Waals surface area (Å²) < 4.78 is 26.0. The molecule has 1 aromatic carbocycles. The average Bonchev–Trinajstić information content (AvgIpc) is 2.66. The van der Waals surface area contributed by atoms with E-state index in [2.05, 4.69) is 17.6 Å². The number of thiol groups is 1. The molecule has 0 unspecified atom stereocenters. The molecule has 0 amide bonds. The Bertz CT molecular complexity index is 482. The largest absolute Gasteiger partial charge is 0.240 e. The molecule has 0 aliphatic rings. The first-order valence-electron chi connectivity index (χ1n) is 4.21. The van der Waals surface area contributed by atoms with Crippen molar-refractivity contribution in [2.75, 3.05) is 0 Å². The second-order valence-corrected chi connectivity index (χ2v) is 4.10. The van der Waals surface area contributed by atoms with Crippen LogP contribution in [0.3, 0.4) is 0 Å². The van der Waals surface area contributed by atoms with Crippen LogP contribution in [0.2, 0.25) is 0 Å². The van der Waals surface area contributed by atoms with Crippen molar-refractivity contribution in [2.45, 2.75) is 5.75 Å². The number of benzene rings is 1. The third-order valence-electron chi connectivity index (χ3n) is 1.88. The molecular weight excluding hydrogens is 236 g/mol. The molecule has 0 saturated carbocycles. The van der Waals surface area contributed by atoms with Crippen molar-refractivity contribution in [3.63, 3.8) is 0 Å². The Morgan fingerprint density at radius 3 is 2.73 bits per heavy atom. The van der Waals surface area contributed by atoms with Gasteiger partial charge in [-0.2, -0.15) is 12.6 Å². The fraction of sp³-hybridized carbons (Fsp3) is 0.100. The van der Waals surface area contributed by atoms with Gasteiger partial charge in [-0.1, -0.05) is 0 Å². The highest BCUT2D eigenvalue weighted by Crippen LogP contribution is 2.27. The fourth-order valence-electron chi connectivity index (χ4n) is 1.17. The molecule has 1 aromatic heterocycles. The number of aromatic nitrogens is 1. The van der Waals surface area contributed by atoms with Crippen LogP contribution in [0.5, 0.6) is 0 Å². The summed E-state index contributed by atoms with van der Waals surface area (Å²) in [7, 11) is 0. The van der Waals surface area contributed by atoms with E-state index in [9.17, 15) is 8.78 Å². The number of hydrogen-bond donors (Lipinski definition) is 1. The molecule has 0 radical (unpaired) electrons. The van der Waals surface area contributed by atoms with Crippen LogP contribution in [0, 0.1) is 11.6 Å². The van der Waals surface area contributed by atoms with Crippen molar-refractivity contribution in [2.24, 2.45) is 0 Å². The summed E-state index contributed by atoms with van der Waals surface area (Å²) in [5.41, 5.74) is 1.12. The summed E-state index contributed by atoms with van der Waals surface area (Å²) in [6.45, 7) is 0. The van der Waals surface area contributed by atoms with Gasteiger partial charge < -0.3 is 0 Å². The first kappa shape index (κ1) is 10.6. The smallest absolute Gasteiger partial charge is 0.136 e. The molecule has 0 spiro atoms. The molecule has 2 rings (SSSR count). The van der Waals surface area contributed by atoms with Crippen LogP contribution in [0.1, 0.15) is 5.69 Å². The van der Waals surface area contributed by atoms with Crippen LogP contribution in [-0.2, 0) is 5.75 Å². The van der Waals surface area contributed by atoms with Crippen LogP contribution in [0.25, 0.3) is 10.6 Å². The number of thiazole rings is 1. The van der Waals surface area contributed by atoms with Crippen molar-refractivity contribution < 1.29 is 8.78 Å². The lowest BCUT2D eigenvalue weighted by Gasteiger charge is -1.98. The van der Waals surface area contributed by atoms with Gasteiger partial charge in [0.15, 0.2) is 0 Å². The van der Waals surface area contributed by atoms with Crippen molar-refractivity contribution >= 4 is 24.0 Å². The second-order valence-electron chi connectivity index (χ2n) is 2.93. The third kappa shape index (κ3) is 2.18. The maximum Gasteiger partial charge on any atom is 0.136 e. The topological polar surface area (TPSA) is 12.9 Å². The Morgan fingerprint density at radius 1 is 1.33 bits per heavy atom. The molecule has 0 aliphatic carbocycles. The molecule has 2 aromatic rings. The number of nitrogens with zero attached hydrogens (tertiary/aromatic N) is 1. The van der Waals surface area contributed by atoms with Gasteiger partial charge in [0.2, 0.25) is 0 Å². The van der Waals surface area contributed by atoms with E-state index in [-0.39, 0.29) is 0 Å². The lowest BCUT2D eigenvalue weighted by molar-refractivity contribution is 0.585. The van der Waals surface area contributed by atoms with Crippen LogP contribution >= 0.6 is 24.0 Å². The van der Waals surface area contributed by atoms with Gasteiger partial charge in [-0.25, -0.2) is 13.8 Å². The zero-order chi connectivity index (χ0) is 10.8. The summed E-state index contributed by atoms with van der Waals surface area (Å²) in [6, 6.07) is 3.48. The van der Waals surface area contributed by atoms with Crippen molar-refractivity contribution in [1.82, 2.24) is 4.98 Å². The molecule has 1 heterocycles. The number of halogens is 2. The zero-order valence-electron chi connectivity index (χ0n) is 7.58. The van der Waals surface area contributed by atoms with E-state index in [1.165, 1.54) is 23.5 Å². The Hall–Kier alpha value is -0.940. The molecule has 0 atom stereocenters. The van der Waals surface area contributed by atoms with E-state index in [1.807, 2.05) is 5.38 Å². The van der Waals surface area contributed by atoms with Gasteiger partial charge >= 0.3 is 0 Å². The van der Waals surface area contributed by atoms with E-state index in [4.69, 9.17) is 0 Å². The van der Waals surface area contributed by atoms with E-state index in [0.717, 1.165) is 11.8 Å². The summed E-state index contributed by atoms with van der Waals surface area (Å²) in [4.78, 5) is 4.17. The minimum Gasteiger partial charge on any atom is -0.240 e. The zero-order valence-corrected chi connectivity index (χ0v) is 9.29. The Labute approximate surface area is 95.2 Å². The molecule has 0 fully saturated rings. The first-order valence-corrected chi connectivity index (χ1v) is 5.72. The van der Waals surface area contributed by atoms with Crippen molar-refractivity contribution in [1.29, 1.82) is 0 Å². The van der Waals surface area contributed by atoms with Gasteiger partial charge in [-0.05, 0) is 12.1 Å².